The van der Waals surface area contributed by atoms with Crippen LogP contribution in [-0.2, 0) is 28.7 Å². The summed E-state index contributed by atoms with van der Waals surface area (Å²) < 4.78 is 9.12. The molecule has 0 unspecified atom stereocenters. The first-order valence-electron chi connectivity index (χ1n) is 12.1. The quantitative estimate of drug-likeness (QED) is 0.239. The van der Waals surface area contributed by atoms with E-state index in [9.17, 15) is 28.8 Å². The Morgan fingerprint density at radius 2 is 1.18 bits per heavy atom. The number of esters is 2. The van der Waals surface area contributed by atoms with Crippen LogP contribution in [0.5, 0.6) is 0 Å². The van der Waals surface area contributed by atoms with Crippen molar-refractivity contribution in [2.45, 2.75) is 32.1 Å². The molecule has 1 aliphatic rings. The predicted octanol–water partition coefficient (Wildman–Crippen LogP) is 2.23. The van der Waals surface area contributed by atoms with Gasteiger partial charge in [0.05, 0.1) is 49.7 Å². The topological polar surface area (TPSA) is 157 Å². The van der Waals surface area contributed by atoms with Crippen LogP contribution in [0.3, 0.4) is 0 Å². The van der Waals surface area contributed by atoms with Gasteiger partial charge in [0.2, 0.25) is 11.8 Å². The molecule has 3 N–H and O–H groups in total. The van der Waals surface area contributed by atoms with Gasteiger partial charge >= 0.3 is 11.9 Å². The fourth-order valence-electron chi connectivity index (χ4n) is 4.01. The third-order valence-corrected chi connectivity index (χ3v) is 5.90. The van der Waals surface area contributed by atoms with Gasteiger partial charge in [0.1, 0.15) is 0 Å². The van der Waals surface area contributed by atoms with Gasteiger partial charge in [0, 0.05) is 30.5 Å². The second-order valence-electron chi connectivity index (χ2n) is 8.50. The Hall–Kier alpha value is -4.38. The van der Waals surface area contributed by atoms with E-state index in [0.29, 0.717) is 12.8 Å². The molecular weight excluding hydrogens is 494 g/mol. The van der Waals surface area contributed by atoms with Gasteiger partial charge in [-0.05, 0) is 25.0 Å². The number of nitrogens with one attached hydrogen (secondary N) is 3. The molecule has 0 aliphatic heterocycles. The standard InChI is InChI=1S/C27H29N3O8/c1-37-22(33)12-4-3-11-20(31)29-18-9-5-7-16-24(18)26(35)17-8-6-10-19(25(17)27(16)36)30-21(32)15-28-14-13-23(34)38-2/h5-10,28H,3-4,11-15H2,1-2H3,(H,29,31)(H,30,32). The van der Waals surface area contributed by atoms with Gasteiger partial charge in [-0.25, -0.2) is 0 Å². The van der Waals surface area contributed by atoms with E-state index in [0.717, 1.165) is 0 Å². The van der Waals surface area contributed by atoms with Gasteiger partial charge in [-0.3, -0.25) is 28.8 Å². The number of anilines is 2. The van der Waals surface area contributed by atoms with Crippen molar-refractivity contribution in [1.29, 1.82) is 0 Å². The first kappa shape index (κ1) is 28.2. The molecule has 200 valence electrons. The molecular formula is C27H29N3O8. The summed E-state index contributed by atoms with van der Waals surface area (Å²) in [5, 5.41) is 8.16. The third-order valence-electron chi connectivity index (χ3n) is 5.90. The summed E-state index contributed by atoms with van der Waals surface area (Å²) in [7, 11) is 2.57. The summed E-state index contributed by atoms with van der Waals surface area (Å²) in [6.45, 7) is 0.118. The second kappa shape index (κ2) is 13.2. The lowest BCUT2D eigenvalue weighted by atomic mass is 9.82. The molecule has 0 fully saturated rings. The largest absolute Gasteiger partial charge is 0.469 e. The Balaban J connectivity index is 1.72. The van der Waals surface area contributed by atoms with E-state index < -0.39 is 23.4 Å². The maximum Gasteiger partial charge on any atom is 0.306 e. The summed E-state index contributed by atoms with van der Waals surface area (Å²) >= 11 is 0. The van der Waals surface area contributed by atoms with Crippen molar-refractivity contribution in [3.8, 4) is 0 Å². The predicted molar refractivity (Wildman–Crippen MR) is 137 cm³/mol. The number of hydrogen-bond donors (Lipinski definition) is 3. The number of ether oxygens (including phenoxy) is 2. The number of hydrogen-bond acceptors (Lipinski definition) is 9. The molecule has 0 radical (unpaired) electrons. The van der Waals surface area contributed by atoms with Gasteiger partial charge in [-0.1, -0.05) is 24.3 Å². The molecule has 38 heavy (non-hydrogen) atoms. The minimum absolute atomic E-state index is 0.0687. The van der Waals surface area contributed by atoms with Crippen LogP contribution in [0.25, 0.3) is 0 Å². The molecule has 2 aromatic carbocycles. The number of ketones is 2. The number of unbranched alkanes of at least 4 members (excludes halogenated alkanes) is 1. The molecule has 2 aromatic rings. The lowest BCUT2D eigenvalue weighted by molar-refractivity contribution is -0.141. The Kier molecular flexibility index (Phi) is 9.83. The minimum atomic E-state index is -0.460. The van der Waals surface area contributed by atoms with E-state index in [2.05, 4.69) is 25.4 Å². The van der Waals surface area contributed by atoms with Crippen molar-refractivity contribution in [1.82, 2.24) is 5.32 Å². The Labute approximate surface area is 219 Å². The molecule has 1 aliphatic carbocycles. The normalized spacial score (nSPS) is 11.7. The van der Waals surface area contributed by atoms with E-state index in [1.54, 1.807) is 18.2 Å². The van der Waals surface area contributed by atoms with Crippen LogP contribution in [0.15, 0.2) is 36.4 Å². The van der Waals surface area contributed by atoms with Gasteiger partial charge in [-0.2, -0.15) is 0 Å². The molecule has 3 rings (SSSR count). The van der Waals surface area contributed by atoms with Crippen LogP contribution in [0, 0.1) is 0 Å². The molecule has 0 heterocycles. The molecule has 2 amide bonds. The van der Waals surface area contributed by atoms with Crippen LogP contribution in [0.4, 0.5) is 11.4 Å². The third kappa shape index (κ3) is 6.88. The maximum absolute atomic E-state index is 13.4. The number of rotatable bonds is 12. The Bertz CT molecular complexity index is 1170. The van der Waals surface area contributed by atoms with Crippen molar-refractivity contribution in [3.63, 3.8) is 0 Å². The summed E-state index contributed by atoms with van der Waals surface area (Å²) in [5.41, 5.74) is 0.780. The van der Waals surface area contributed by atoms with Crippen molar-refractivity contribution in [2.24, 2.45) is 0 Å². The molecule has 0 aromatic heterocycles. The van der Waals surface area contributed by atoms with Crippen LogP contribution >= 0.6 is 0 Å². The minimum Gasteiger partial charge on any atom is -0.469 e. The number of methoxy groups -OCH3 is 2. The van der Waals surface area contributed by atoms with Crippen LogP contribution < -0.4 is 16.0 Å². The number of amides is 2. The molecule has 11 heteroatoms. The number of carbonyl (C=O) groups excluding carboxylic acids is 6. The van der Waals surface area contributed by atoms with E-state index in [1.807, 2.05) is 0 Å². The van der Waals surface area contributed by atoms with Crippen molar-refractivity contribution < 1.29 is 38.2 Å². The molecule has 0 spiro atoms. The number of fused-ring (bicyclic) bond motifs is 2. The maximum atomic E-state index is 13.4. The zero-order valence-corrected chi connectivity index (χ0v) is 21.2. The van der Waals surface area contributed by atoms with E-state index in [-0.39, 0.29) is 77.9 Å². The zero-order chi connectivity index (χ0) is 27.7. The van der Waals surface area contributed by atoms with Crippen LogP contribution in [-0.4, -0.2) is 62.6 Å². The zero-order valence-electron chi connectivity index (χ0n) is 21.2. The lowest BCUT2D eigenvalue weighted by Gasteiger charge is -2.22. The highest BCUT2D eigenvalue weighted by Gasteiger charge is 2.34. The highest BCUT2D eigenvalue weighted by atomic mass is 16.5. The van der Waals surface area contributed by atoms with E-state index >= 15 is 0 Å². The first-order valence-corrected chi connectivity index (χ1v) is 12.1. The monoisotopic (exact) mass is 523 g/mol. The SMILES string of the molecule is COC(=O)CCCCC(=O)Nc1cccc2c1C(=O)c1cccc(NC(=O)CNCCC(=O)OC)c1C2=O. The molecule has 0 saturated carbocycles. The second-order valence-corrected chi connectivity index (χ2v) is 8.50. The number of carbonyl (C=O) groups is 6. The van der Waals surface area contributed by atoms with Gasteiger partial charge < -0.3 is 25.4 Å². The van der Waals surface area contributed by atoms with Crippen LogP contribution in [0.2, 0.25) is 0 Å². The van der Waals surface area contributed by atoms with E-state index in [1.165, 1.54) is 32.4 Å². The van der Waals surface area contributed by atoms with Crippen molar-refractivity contribution in [3.05, 3.63) is 58.7 Å². The lowest BCUT2D eigenvalue weighted by Crippen LogP contribution is -2.31. The smallest absolute Gasteiger partial charge is 0.306 e. The van der Waals surface area contributed by atoms with Crippen LogP contribution in [0.1, 0.15) is 63.9 Å². The van der Waals surface area contributed by atoms with Gasteiger partial charge in [0.15, 0.2) is 11.6 Å². The fraction of sp³-hybridized carbons (Fsp3) is 0.333. The first-order chi connectivity index (χ1) is 18.3. The van der Waals surface area contributed by atoms with Gasteiger partial charge in [0.25, 0.3) is 0 Å². The Morgan fingerprint density at radius 3 is 1.74 bits per heavy atom. The molecule has 0 bridgehead atoms. The highest BCUT2D eigenvalue weighted by molar-refractivity contribution is 6.32. The number of benzene rings is 2. The fourth-order valence-corrected chi connectivity index (χ4v) is 4.01. The molecule has 0 atom stereocenters. The molecule has 0 saturated heterocycles. The Morgan fingerprint density at radius 1 is 0.684 bits per heavy atom. The average Bonchev–Trinajstić information content (AvgIpc) is 2.91. The molecule has 11 nitrogen and oxygen atoms in total. The summed E-state index contributed by atoms with van der Waals surface area (Å²) in [4.78, 5) is 74.2. The summed E-state index contributed by atoms with van der Waals surface area (Å²) in [6.07, 6.45) is 1.36. The summed E-state index contributed by atoms with van der Waals surface area (Å²) in [5.74, 6) is -2.48. The van der Waals surface area contributed by atoms with E-state index in [4.69, 9.17) is 0 Å². The van der Waals surface area contributed by atoms with Crippen molar-refractivity contribution >= 4 is 46.7 Å². The van der Waals surface area contributed by atoms with Gasteiger partial charge in [-0.15, -0.1) is 0 Å². The summed E-state index contributed by atoms with van der Waals surface area (Å²) in [6, 6.07) is 9.19. The highest BCUT2D eigenvalue weighted by Crippen LogP contribution is 2.35. The average molecular weight is 524 g/mol. The van der Waals surface area contributed by atoms with Crippen molar-refractivity contribution in [2.75, 3.05) is 37.9 Å².